The molecule has 18 heavy (non-hydrogen) atoms. The standard InChI is InChI=1S/C14H20BrN3/c1-4-8-17-14(16-5-2)18-10-12-6-7-13(15)9-11(12)3/h4,6-7,9H,1,5,8,10H2,2-3H3,(H2,16,17,18). The number of hydrogen-bond donors (Lipinski definition) is 2. The van der Waals surface area contributed by atoms with E-state index in [1.165, 1.54) is 11.1 Å². The first-order valence-corrected chi connectivity index (χ1v) is 6.84. The fraction of sp³-hybridized carbons (Fsp3) is 0.357. The van der Waals surface area contributed by atoms with Crippen molar-refractivity contribution in [2.45, 2.75) is 20.4 Å². The van der Waals surface area contributed by atoms with Crippen LogP contribution in [0.25, 0.3) is 0 Å². The molecule has 0 aliphatic rings. The lowest BCUT2D eigenvalue weighted by Gasteiger charge is -2.10. The van der Waals surface area contributed by atoms with Gasteiger partial charge in [0.1, 0.15) is 0 Å². The Morgan fingerprint density at radius 1 is 1.44 bits per heavy atom. The lowest BCUT2D eigenvalue weighted by molar-refractivity contribution is 0.859. The van der Waals surface area contributed by atoms with Gasteiger partial charge in [0.05, 0.1) is 6.54 Å². The molecule has 1 aromatic rings. The summed E-state index contributed by atoms with van der Waals surface area (Å²) in [4.78, 5) is 4.54. The Bertz CT molecular complexity index is 427. The molecule has 1 rings (SSSR count). The summed E-state index contributed by atoms with van der Waals surface area (Å²) in [5.74, 6) is 0.819. The van der Waals surface area contributed by atoms with Gasteiger partial charge in [-0.15, -0.1) is 6.58 Å². The summed E-state index contributed by atoms with van der Waals surface area (Å²) >= 11 is 3.46. The van der Waals surface area contributed by atoms with E-state index in [2.05, 4.69) is 64.1 Å². The maximum Gasteiger partial charge on any atom is 0.191 e. The number of aryl methyl sites for hydroxylation is 1. The monoisotopic (exact) mass is 309 g/mol. The van der Waals surface area contributed by atoms with Gasteiger partial charge in [0.2, 0.25) is 0 Å². The van der Waals surface area contributed by atoms with Gasteiger partial charge < -0.3 is 10.6 Å². The van der Waals surface area contributed by atoms with Crippen molar-refractivity contribution >= 4 is 21.9 Å². The molecule has 0 bridgehead atoms. The molecule has 1 aromatic carbocycles. The Morgan fingerprint density at radius 2 is 2.22 bits per heavy atom. The summed E-state index contributed by atoms with van der Waals surface area (Å²) in [6, 6.07) is 6.25. The Labute approximate surface area is 118 Å². The average molecular weight is 310 g/mol. The third-order valence-corrected chi connectivity index (χ3v) is 2.96. The van der Waals surface area contributed by atoms with Crippen molar-refractivity contribution in [2.75, 3.05) is 13.1 Å². The Balaban J connectivity index is 2.71. The molecule has 2 N–H and O–H groups in total. The molecule has 0 aromatic heterocycles. The van der Waals surface area contributed by atoms with Gasteiger partial charge in [-0.3, -0.25) is 0 Å². The zero-order chi connectivity index (χ0) is 13.4. The molecule has 0 spiro atoms. The van der Waals surface area contributed by atoms with Crippen molar-refractivity contribution in [3.05, 3.63) is 46.5 Å². The van der Waals surface area contributed by atoms with Crippen molar-refractivity contribution in [2.24, 2.45) is 4.99 Å². The highest BCUT2D eigenvalue weighted by Gasteiger charge is 1.99. The third kappa shape index (κ3) is 4.92. The van der Waals surface area contributed by atoms with E-state index in [0.29, 0.717) is 13.1 Å². The van der Waals surface area contributed by atoms with Crippen LogP contribution in [0.15, 0.2) is 40.3 Å². The number of halogens is 1. The Kier molecular flexibility index (Phi) is 6.50. The molecule has 0 heterocycles. The van der Waals surface area contributed by atoms with Crippen molar-refractivity contribution in [3.63, 3.8) is 0 Å². The second-order valence-corrected chi connectivity index (χ2v) is 4.85. The number of aliphatic imine (C=N–C) groups is 1. The van der Waals surface area contributed by atoms with E-state index in [0.717, 1.165) is 17.0 Å². The van der Waals surface area contributed by atoms with Crippen LogP contribution in [0.2, 0.25) is 0 Å². The summed E-state index contributed by atoms with van der Waals surface area (Å²) in [6.45, 7) is 10.1. The average Bonchev–Trinajstić information content (AvgIpc) is 2.34. The summed E-state index contributed by atoms with van der Waals surface area (Å²) in [5.41, 5.74) is 2.47. The van der Waals surface area contributed by atoms with Crippen LogP contribution >= 0.6 is 15.9 Å². The lowest BCUT2D eigenvalue weighted by atomic mass is 10.1. The summed E-state index contributed by atoms with van der Waals surface area (Å²) < 4.78 is 1.10. The van der Waals surface area contributed by atoms with Gasteiger partial charge in [0.15, 0.2) is 5.96 Å². The molecule has 0 saturated heterocycles. The molecule has 0 unspecified atom stereocenters. The molecule has 98 valence electrons. The molecule has 0 radical (unpaired) electrons. The number of nitrogens with zero attached hydrogens (tertiary/aromatic N) is 1. The highest BCUT2D eigenvalue weighted by molar-refractivity contribution is 9.10. The first-order valence-electron chi connectivity index (χ1n) is 6.05. The summed E-state index contributed by atoms with van der Waals surface area (Å²) in [7, 11) is 0. The largest absolute Gasteiger partial charge is 0.357 e. The molecular formula is C14H20BrN3. The van der Waals surface area contributed by atoms with Crippen LogP contribution in [-0.2, 0) is 6.54 Å². The predicted molar refractivity (Wildman–Crippen MR) is 81.9 cm³/mol. The van der Waals surface area contributed by atoms with E-state index in [4.69, 9.17) is 0 Å². The van der Waals surface area contributed by atoms with Crippen LogP contribution in [0, 0.1) is 6.92 Å². The molecule has 3 nitrogen and oxygen atoms in total. The van der Waals surface area contributed by atoms with Gasteiger partial charge >= 0.3 is 0 Å². The first-order chi connectivity index (χ1) is 8.67. The highest BCUT2D eigenvalue weighted by Crippen LogP contribution is 2.16. The Hall–Kier alpha value is -1.29. The Morgan fingerprint density at radius 3 is 2.83 bits per heavy atom. The van der Waals surface area contributed by atoms with Gasteiger partial charge in [0.25, 0.3) is 0 Å². The third-order valence-electron chi connectivity index (χ3n) is 2.47. The van der Waals surface area contributed by atoms with Gasteiger partial charge in [-0.2, -0.15) is 0 Å². The van der Waals surface area contributed by atoms with Crippen LogP contribution in [0.4, 0.5) is 0 Å². The zero-order valence-electron chi connectivity index (χ0n) is 11.0. The van der Waals surface area contributed by atoms with E-state index in [9.17, 15) is 0 Å². The molecule has 4 heteroatoms. The normalized spacial score (nSPS) is 11.2. The summed E-state index contributed by atoms with van der Waals surface area (Å²) in [6.07, 6.45) is 1.82. The maximum atomic E-state index is 4.54. The smallest absolute Gasteiger partial charge is 0.191 e. The number of guanidine groups is 1. The van der Waals surface area contributed by atoms with E-state index in [1.807, 2.05) is 12.1 Å². The molecule has 0 amide bonds. The van der Waals surface area contributed by atoms with Gasteiger partial charge in [-0.25, -0.2) is 4.99 Å². The minimum Gasteiger partial charge on any atom is -0.357 e. The van der Waals surface area contributed by atoms with Gasteiger partial charge in [-0.1, -0.05) is 28.1 Å². The summed E-state index contributed by atoms with van der Waals surface area (Å²) in [5, 5.41) is 6.38. The van der Waals surface area contributed by atoms with Crippen LogP contribution < -0.4 is 10.6 Å². The fourth-order valence-corrected chi connectivity index (χ4v) is 1.99. The number of nitrogens with one attached hydrogen (secondary N) is 2. The maximum absolute atomic E-state index is 4.54. The van der Waals surface area contributed by atoms with Gasteiger partial charge in [0, 0.05) is 17.6 Å². The van der Waals surface area contributed by atoms with E-state index in [1.54, 1.807) is 0 Å². The topological polar surface area (TPSA) is 36.4 Å². The van der Waals surface area contributed by atoms with E-state index >= 15 is 0 Å². The van der Waals surface area contributed by atoms with Crippen molar-refractivity contribution in [1.29, 1.82) is 0 Å². The molecule has 0 aliphatic heterocycles. The second kappa shape index (κ2) is 7.93. The number of hydrogen-bond acceptors (Lipinski definition) is 1. The van der Waals surface area contributed by atoms with Crippen LogP contribution in [-0.4, -0.2) is 19.0 Å². The quantitative estimate of drug-likeness (QED) is 0.498. The fourth-order valence-electron chi connectivity index (χ4n) is 1.51. The number of rotatable bonds is 5. The number of benzene rings is 1. The second-order valence-electron chi connectivity index (χ2n) is 3.94. The van der Waals surface area contributed by atoms with Crippen molar-refractivity contribution in [1.82, 2.24) is 10.6 Å². The molecular weight excluding hydrogens is 290 g/mol. The molecule has 0 fully saturated rings. The molecule has 0 aliphatic carbocycles. The minimum absolute atomic E-state index is 0.672. The first kappa shape index (κ1) is 14.8. The van der Waals surface area contributed by atoms with E-state index < -0.39 is 0 Å². The minimum atomic E-state index is 0.672. The van der Waals surface area contributed by atoms with Crippen LogP contribution in [0.3, 0.4) is 0 Å². The van der Waals surface area contributed by atoms with Gasteiger partial charge in [-0.05, 0) is 37.1 Å². The SMILES string of the molecule is C=CCNC(=NCc1ccc(Br)cc1C)NCC. The molecule has 0 saturated carbocycles. The van der Waals surface area contributed by atoms with Crippen molar-refractivity contribution in [3.8, 4) is 0 Å². The zero-order valence-corrected chi connectivity index (χ0v) is 12.5. The highest BCUT2D eigenvalue weighted by atomic mass is 79.9. The van der Waals surface area contributed by atoms with E-state index in [-0.39, 0.29) is 0 Å². The van der Waals surface area contributed by atoms with Crippen molar-refractivity contribution < 1.29 is 0 Å². The molecule has 0 atom stereocenters. The lowest BCUT2D eigenvalue weighted by Crippen LogP contribution is -2.37. The van der Waals surface area contributed by atoms with Crippen LogP contribution in [0.5, 0.6) is 0 Å². The predicted octanol–water partition coefficient (Wildman–Crippen LogP) is 3.00. The van der Waals surface area contributed by atoms with Crippen LogP contribution in [0.1, 0.15) is 18.1 Å².